The molecular weight excluding hydrogens is 414 g/mol. The normalized spacial score (nSPS) is 16.5. The molecule has 1 unspecified atom stereocenters. The van der Waals surface area contributed by atoms with Crippen LogP contribution in [-0.4, -0.2) is 52.3 Å². The Kier molecular flexibility index (Phi) is 7.08. The molecule has 4 rings (SSSR count). The van der Waals surface area contributed by atoms with Gasteiger partial charge in [-0.1, -0.05) is 12.1 Å². The number of nitrogens with one attached hydrogen (secondary N) is 1. The molecule has 3 aromatic rings. The topological polar surface area (TPSA) is 72.3 Å². The second-order valence-corrected chi connectivity index (χ2v) is 8.99. The van der Waals surface area contributed by atoms with Crippen molar-refractivity contribution >= 4 is 11.6 Å². The average Bonchev–Trinajstić information content (AvgIpc) is 3.10. The molecule has 0 spiro atoms. The van der Waals surface area contributed by atoms with E-state index < -0.39 is 0 Å². The molecule has 2 aromatic heterocycles. The Bertz CT molecular complexity index is 1110. The number of ether oxygens (including phenoxy) is 1. The Morgan fingerprint density at radius 2 is 1.97 bits per heavy atom. The Labute approximate surface area is 195 Å². The summed E-state index contributed by atoms with van der Waals surface area (Å²) in [6.45, 7) is 6.12. The lowest BCUT2D eigenvalue weighted by molar-refractivity contribution is -0.117. The summed E-state index contributed by atoms with van der Waals surface area (Å²) in [4.78, 5) is 19.7. The molecule has 1 aromatic carbocycles. The van der Waals surface area contributed by atoms with Crippen LogP contribution in [0.15, 0.2) is 42.6 Å². The molecular formula is C26H33N5O2. The fraction of sp³-hybridized carbons (Fsp3) is 0.423. The van der Waals surface area contributed by atoms with E-state index in [1.807, 2.05) is 32.3 Å². The van der Waals surface area contributed by atoms with Gasteiger partial charge in [0.25, 0.3) is 0 Å². The number of hydrogen-bond acceptors (Lipinski definition) is 5. The number of nitrogens with zero attached hydrogens (tertiary/aromatic N) is 4. The van der Waals surface area contributed by atoms with Crippen molar-refractivity contribution in [3.63, 3.8) is 0 Å². The molecule has 1 N–H and O–H groups in total. The Morgan fingerprint density at radius 1 is 1.18 bits per heavy atom. The number of rotatable bonds is 7. The molecule has 7 heteroatoms. The lowest BCUT2D eigenvalue weighted by Crippen LogP contribution is -2.40. The number of anilines is 1. The third-order valence-corrected chi connectivity index (χ3v) is 6.18. The van der Waals surface area contributed by atoms with E-state index in [1.165, 1.54) is 11.1 Å². The fourth-order valence-electron chi connectivity index (χ4n) is 4.61. The van der Waals surface area contributed by atoms with Crippen molar-refractivity contribution in [1.82, 2.24) is 19.7 Å². The summed E-state index contributed by atoms with van der Waals surface area (Å²) in [5.41, 5.74) is 6.30. The first-order chi connectivity index (χ1) is 15.9. The molecule has 1 aliphatic rings. The summed E-state index contributed by atoms with van der Waals surface area (Å²) >= 11 is 0. The van der Waals surface area contributed by atoms with E-state index in [0.717, 1.165) is 60.9 Å². The van der Waals surface area contributed by atoms with Gasteiger partial charge in [0.15, 0.2) is 0 Å². The number of benzene rings is 1. The van der Waals surface area contributed by atoms with Gasteiger partial charge in [-0.25, -0.2) is 0 Å². The summed E-state index contributed by atoms with van der Waals surface area (Å²) in [6, 6.07) is 12.6. The van der Waals surface area contributed by atoms with E-state index >= 15 is 0 Å². The first-order valence-electron chi connectivity index (χ1n) is 11.5. The second-order valence-electron chi connectivity index (χ2n) is 8.99. The highest BCUT2D eigenvalue weighted by atomic mass is 16.5. The van der Waals surface area contributed by atoms with Gasteiger partial charge in [-0.15, -0.1) is 0 Å². The highest BCUT2D eigenvalue weighted by molar-refractivity contribution is 5.92. The zero-order valence-electron chi connectivity index (χ0n) is 20.0. The van der Waals surface area contributed by atoms with Crippen LogP contribution in [-0.2, 0) is 18.3 Å². The van der Waals surface area contributed by atoms with Crippen molar-refractivity contribution in [2.75, 3.05) is 32.1 Å². The van der Waals surface area contributed by atoms with Crippen molar-refractivity contribution in [3.8, 4) is 5.75 Å². The third-order valence-electron chi connectivity index (χ3n) is 6.18. The van der Waals surface area contributed by atoms with Crippen molar-refractivity contribution < 1.29 is 9.53 Å². The predicted octanol–water partition coefficient (Wildman–Crippen LogP) is 3.85. The van der Waals surface area contributed by atoms with Crippen molar-refractivity contribution in [2.24, 2.45) is 7.05 Å². The molecule has 0 aliphatic carbocycles. The molecule has 0 bridgehead atoms. The zero-order valence-corrected chi connectivity index (χ0v) is 20.0. The number of methoxy groups -OCH3 is 1. The van der Waals surface area contributed by atoms with Crippen LogP contribution in [0.25, 0.3) is 0 Å². The summed E-state index contributed by atoms with van der Waals surface area (Å²) in [7, 11) is 3.54. The maximum atomic E-state index is 12.6. The fourth-order valence-corrected chi connectivity index (χ4v) is 4.61. The van der Waals surface area contributed by atoms with Crippen molar-refractivity contribution in [1.29, 1.82) is 0 Å². The first kappa shape index (κ1) is 23.0. The van der Waals surface area contributed by atoms with Gasteiger partial charge in [0.1, 0.15) is 5.75 Å². The number of piperidine rings is 1. The van der Waals surface area contributed by atoms with Gasteiger partial charge < -0.3 is 10.1 Å². The summed E-state index contributed by atoms with van der Waals surface area (Å²) in [6.07, 6.45) is 4.86. The first-order valence-corrected chi connectivity index (χ1v) is 11.5. The Morgan fingerprint density at radius 3 is 2.67 bits per heavy atom. The lowest BCUT2D eigenvalue weighted by Gasteiger charge is -2.32. The van der Waals surface area contributed by atoms with Crippen molar-refractivity contribution in [3.05, 3.63) is 70.8 Å². The van der Waals surface area contributed by atoms with Crippen LogP contribution < -0.4 is 10.1 Å². The van der Waals surface area contributed by atoms with Gasteiger partial charge >= 0.3 is 0 Å². The number of aromatic nitrogens is 3. The standard InChI is InChI=1S/C26H33N5O2/c1-18-12-21(13-20-7-9-23(33-4)10-8-20)14-24(27-18)22-6-5-11-31(15-22)17-26(32)28-25-16-30(3)29-19(25)2/h7-10,12,14,16,22H,5-6,11,13,15,17H2,1-4H3,(H,28,32). The van der Waals surface area contributed by atoms with E-state index in [4.69, 9.17) is 9.72 Å². The molecule has 33 heavy (non-hydrogen) atoms. The molecule has 174 valence electrons. The van der Waals surface area contributed by atoms with Crippen LogP contribution in [0.3, 0.4) is 0 Å². The summed E-state index contributed by atoms with van der Waals surface area (Å²) < 4.78 is 6.98. The van der Waals surface area contributed by atoms with Crippen LogP contribution in [0, 0.1) is 13.8 Å². The second kappa shape index (κ2) is 10.2. The molecule has 1 aliphatic heterocycles. The van der Waals surface area contributed by atoms with Gasteiger partial charge in [-0.3, -0.25) is 19.4 Å². The van der Waals surface area contributed by atoms with Crippen molar-refractivity contribution in [2.45, 2.75) is 39.0 Å². The molecule has 1 saturated heterocycles. The van der Waals surface area contributed by atoms with Crippen LogP contribution in [0.5, 0.6) is 5.75 Å². The van der Waals surface area contributed by atoms with Crippen LogP contribution in [0.4, 0.5) is 5.69 Å². The minimum Gasteiger partial charge on any atom is -0.497 e. The largest absolute Gasteiger partial charge is 0.497 e. The van der Waals surface area contributed by atoms with Gasteiger partial charge in [-0.05, 0) is 75.0 Å². The molecule has 7 nitrogen and oxygen atoms in total. The SMILES string of the molecule is COc1ccc(Cc2cc(C)nc(C3CCCN(CC(=O)Nc4cn(C)nc4C)C3)c2)cc1. The number of amides is 1. The van der Waals surface area contributed by atoms with Crippen LogP contribution in [0.2, 0.25) is 0 Å². The van der Waals surface area contributed by atoms with E-state index in [1.54, 1.807) is 11.8 Å². The number of aryl methyl sites for hydroxylation is 3. The number of pyridine rings is 1. The zero-order chi connectivity index (χ0) is 23.4. The molecule has 1 amide bonds. The molecule has 0 radical (unpaired) electrons. The minimum atomic E-state index is 0.00384. The number of carbonyl (C=O) groups excluding carboxylic acids is 1. The molecule has 1 fully saturated rings. The minimum absolute atomic E-state index is 0.00384. The molecule has 3 heterocycles. The predicted molar refractivity (Wildman–Crippen MR) is 130 cm³/mol. The van der Waals surface area contributed by atoms with Gasteiger partial charge in [0, 0.05) is 37.1 Å². The van der Waals surface area contributed by atoms with Gasteiger partial charge in [0.05, 0.1) is 25.0 Å². The van der Waals surface area contributed by atoms with E-state index in [2.05, 4.69) is 46.5 Å². The smallest absolute Gasteiger partial charge is 0.238 e. The summed E-state index contributed by atoms with van der Waals surface area (Å²) in [5, 5.41) is 7.29. The highest BCUT2D eigenvalue weighted by Crippen LogP contribution is 2.27. The quantitative estimate of drug-likeness (QED) is 0.596. The summed E-state index contributed by atoms with van der Waals surface area (Å²) in [5.74, 6) is 1.21. The molecule has 0 saturated carbocycles. The van der Waals surface area contributed by atoms with Gasteiger partial charge in [0.2, 0.25) is 5.91 Å². The monoisotopic (exact) mass is 447 g/mol. The Balaban J connectivity index is 1.40. The average molecular weight is 448 g/mol. The number of carbonyl (C=O) groups is 1. The maximum absolute atomic E-state index is 12.6. The van der Waals surface area contributed by atoms with Crippen LogP contribution >= 0.6 is 0 Å². The number of hydrogen-bond donors (Lipinski definition) is 1. The Hall–Kier alpha value is -3.19. The van der Waals surface area contributed by atoms with E-state index in [0.29, 0.717) is 12.5 Å². The third kappa shape index (κ3) is 5.99. The van der Waals surface area contributed by atoms with Crippen LogP contribution in [0.1, 0.15) is 47.0 Å². The highest BCUT2D eigenvalue weighted by Gasteiger charge is 2.24. The molecule has 1 atom stereocenters. The van der Waals surface area contributed by atoms with Gasteiger partial charge in [-0.2, -0.15) is 5.10 Å². The maximum Gasteiger partial charge on any atom is 0.238 e. The number of likely N-dealkylation sites (tertiary alicyclic amines) is 1. The lowest BCUT2D eigenvalue weighted by atomic mass is 9.92. The van der Waals surface area contributed by atoms with E-state index in [9.17, 15) is 4.79 Å². The van der Waals surface area contributed by atoms with E-state index in [-0.39, 0.29) is 5.91 Å².